The average molecular weight is 216 g/mol. The van der Waals surface area contributed by atoms with Crippen molar-refractivity contribution in [2.24, 2.45) is 0 Å². The molecule has 0 saturated heterocycles. The first kappa shape index (κ1) is 8.47. The summed E-state index contributed by atoms with van der Waals surface area (Å²) in [7, 11) is 0. The predicted octanol–water partition coefficient (Wildman–Crippen LogP) is 2.44. The molecule has 66 valence electrons. The molecule has 2 heterocycles. The van der Waals surface area contributed by atoms with E-state index in [1.54, 1.807) is 6.07 Å². The maximum absolute atomic E-state index is 5.67. The number of oxazole rings is 1. The van der Waals surface area contributed by atoms with E-state index in [-0.39, 0.29) is 10.4 Å². The van der Waals surface area contributed by atoms with Gasteiger partial charge >= 0.3 is 0 Å². The van der Waals surface area contributed by atoms with E-state index in [2.05, 4.69) is 15.0 Å². The summed E-state index contributed by atoms with van der Waals surface area (Å²) >= 11 is 11.3. The van der Waals surface area contributed by atoms with Crippen molar-refractivity contribution in [2.45, 2.75) is 0 Å². The lowest BCUT2D eigenvalue weighted by Crippen LogP contribution is -1.86. The minimum Gasteiger partial charge on any atom is -0.442 e. The molecule has 13 heavy (non-hydrogen) atoms. The van der Waals surface area contributed by atoms with Crippen LogP contribution in [0.25, 0.3) is 11.5 Å². The van der Waals surface area contributed by atoms with Gasteiger partial charge < -0.3 is 4.42 Å². The lowest BCUT2D eigenvalue weighted by Gasteiger charge is -1.95. The molecular formula is C7H3Cl2N3O. The molecule has 0 amide bonds. The van der Waals surface area contributed by atoms with Gasteiger partial charge in [-0.3, -0.25) is 0 Å². The number of hydrogen-bond acceptors (Lipinski definition) is 4. The Kier molecular flexibility index (Phi) is 2.16. The standard InChI is InChI=1S/C7H3Cl2N3O/c8-6-1-4(11-7(9)12-6)5-2-10-3-13-5/h1-3H. The first-order valence-corrected chi connectivity index (χ1v) is 4.10. The molecule has 0 bridgehead atoms. The number of hydrogen-bond donors (Lipinski definition) is 0. The highest BCUT2D eigenvalue weighted by atomic mass is 35.5. The smallest absolute Gasteiger partial charge is 0.224 e. The Morgan fingerprint density at radius 3 is 2.69 bits per heavy atom. The van der Waals surface area contributed by atoms with E-state index >= 15 is 0 Å². The van der Waals surface area contributed by atoms with Crippen LogP contribution in [-0.4, -0.2) is 15.0 Å². The zero-order valence-corrected chi connectivity index (χ0v) is 7.75. The van der Waals surface area contributed by atoms with E-state index < -0.39 is 0 Å². The van der Waals surface area contributed by atoms with Gasteiger partial charge in [0, 0.05) is 6.07 Å². The van der Waals surface area contributed by atoms with Gasteiger partial charge in [0.1, 0.15) is 10.8 Å². The fourth-order valence-corrected chi connectivity index (χ4v) is 1.27. The van der Waals surface area contributed by atoms with Gasteiger partial charge in [0.05, 0.1) is 6.20 Å². The van der Waals surface area contributed by atoms with Crippen molar-refractivity contribution in [3.05, 3.63) is 29.1 Å². The molecule has 0 aliphatic rings. The Labute approximate surface area is 83.5 Å². The van der Waals surface area contributed by atoms with Crippen LogP contribution in [0, 0.1) is 0 Å². The van der Waals surface area contributed by atoms with Crippen LogP contribution in [0.15, 0.2) is 23.1 Å². The molecule has 0 aliphatic heterocycles. The summed E-state index contributed by atoms with van der Waals surface area (Å²) in [5.74, 6) is 0.506. The third-order valence-electron chi connectivity index (χ3n) is 1.35. The maximum Gasteiger partial charge on any atom is 0.224 e. The highest BCUT2D eigenvalue weighted by molar-refractivity contribution is 6.32. The lowest BCUT2D eigenvalue weighted by molar-refractivity contribution is 0.569. The highest BCUT2D eigenvalue weighted by Gasteiger charge is 2.06. The fraction of sp³-hybridized carbons (Fsp3) is 0. The van der Waals surface area contributed by atoms with Gasteiger partial charge in [-0.15, -0.1) is 0 Å². The molecule has 0 unspecified atom stereocenters. The zero-order valence-electron chi connectivity index (χ0n) is 6.24. The quantitative estimate of drug-likeness (QED) is 0.542. The second kappa shape index (κ2) is 3.32. The van der Waals surface area contributed by atoms with E-state index in [1.807, 2.05) is 0 Å². The van der Waals surface area contributed by atoms with E-state index in [9.17, 15) is 0 Å². The van der Waals surface area contributed by atoms with Gasteiger partial charge in [-0.1, -0.05) is 11.6 Å². The van der Waals surface area contributed by atoms with Gasteiger partial charge in [0.15, 0.2) is 12.2 Å². The van der Waals surface area contributed by atoms with Gasteiger partial charge in [-0.2, -0.15) is 0 Å². The fourth-order valence-electron chi connectivity index (χ4n) is 0.858. The molecular weight excluding hydrogens is 213 g/mol. The summed E-state index contributed by atoms with van der Waals surface area (Å²) in [4.78, 5) is 11.4. The molecule has 0 saturated carbocycles. The van der Waals surface area contributed by atoms with Crippen molar-refractivity contribution in [1.82, 2.24) is 15.0 Å². The molecule has 0 radical (unpaired) electrons. The maximum atomic E-state index is 5.67. The molecule has 0 aliphatic carbocycles. The average Bonchev–Trinajstić information content (AvgIpc) is 2.53. The molecule has 0 N–H and O–H groups in total. The van der Waals surface area contributed by atoms with Gasteiger partial charge in [0.2, 0.25) is 5.28 Å². The molecule has 2 rings (SSSR count). The Morgan fingerprint density at radius 2 is 2.08 bits per heavy atom. The van der Waals surface area contributed by atoms with Crippen LogP contribution in [-0.2, 0) is 0 Å². The minimum atomic E-state index is 0.0823. The SMILES string of the molecule is Clc1cc(-c2cnco2)nc(Cl)n1. The first-order chi connectivity index (χ1) is 6.25. The Morgan fingerprint density at radius 1 is 1.23 bits per heavy atom. The Balaban J connectivity index is 2.53. The van der Waals surface area contributed by atoms with Crippen molar-refractivity contribution >= 4 is 23.2 Å². The summed E-state index contributed by atoms with van der Waals surface area (Å²) in [5, 5.41) is 0.352. The van der Waals surface area contributed by atoms with E-state index in [4.69, 9.17) is 27.6 Å². The van der Waals surface area contributed by atoms with Crippen LogP contribution in [0.3, 0.4) is 0 Å². The van der Waals surface area contributed by atoms with Crippen LogP contribution in [0.4, 0.5) is 0 Å². The van der Waals surface area contributed by atoms with Gasteiger partial charge in [0.25, 0.3) is 0 Å². The third kappa shape index (κ3) is 1.79. The first-order valence-electron chi connectivity index (χ1n) is 3.34. The van der Waals surface area contributed by atoms with Crippen LogP contribution >= 0.6 is 23.2 Å². The molecule has 0 aromatic carbocycles. The van der Waals surface area contributed by atoms with Crippen LogP contribution < -0.4 is 0 Å². The second-order valence-corrected chi connectivity index (χ2v) is 2.94. The summed E-state index contributed by atoms with van der Waals surface area (Å²) < 4.78 is 5.01. The Bertz CT molecular complexity index is 395. The number of nitrogens with zero attached hydrogens (tertiary/aromatic N) is 3. The summed E-state index contributed by atoms with van der Waals surface area (Å²) in [6.07, 6.45) is 2.83. The highest BCUT2D eigenvalue weighted by Crippen LogP contribution is 2.20. The topological polar surface area (TPSA) is 51.8 Å². The molecule has 2 aromatic rings. The van der Waals surface area contributed by atoms with E-state index in [0.29, 0.717) is 11.5 Å². The van der Waals surface area contributed by atoms with Crippen LogP contribution in [0.2, 0.25) is 10.4 Å². The Hall–Kier alpha value is -1.13. The number of rotatable bonds is 1. The molecule has 0 spiro atoms. The van der Waals surface area contributed by atoms with Crippen LogP contribution in [0.1, 0.15) is 0 Å². The molecule has 6 heteroatoms. The van der Waals surface area contributed by atoms with Crippen molar-refractivity contribution in [1.29, 1.82) is 0 Å². The normalized spacial score (nSPS) is 10.3. The molecule has 0 fully saturated rings. The third-order valence-corrected chi connectivity index (χ3v) is 1.72. The van der Waals surface area contributed by atoms with Crippen molar-refractivity contribution in [3.8, 4) is 11.5 Å². The lowest BCUT2D eigenvalue weighted by atomic mass is 10.3. The van der Waals surface area contributed by atoms with Crippen molar-refractivity contribution in [3.63, 3.8) is 0 Å². The molecule has 4 nitrogen and oxygen atoms in total. The number of halogens is 2. The largest absolute Gasteiger partial charge is 0.442 e. The van der Waals surface area contributed by atoms with Crippen molar-refractivity contribution < 1.29 is 4.42 Å². The van der Waals surface area contributed by atoms with Crippen molar-refractivity contribution in [2.75, 3.05) is 0 Å². The van der Waals surface area contributed by atoms with E-state index in [0.717, 1.165) is 0 Å². The summed E-state index contributed by atoms with van der Waals surface area (Å²) in [6.45, 7) is 0. The number of aromatic nitrogens is 3. The predicted molar refractivity (Wildman–Crippen MR) is 47.5 cm³/mol. The molecule has 0 atom stereocenters. The summed E-state index contributed by atoms with van der Waals surface area (Å²) in [5.41, 5.74) is 0.516. The zero-order chi connectivity index (χ0) is 9.26. The van der Waals surface area contributed by atoms with Gasteiger partial charge in [-0.25, -0.2) is 15.0 Å². The minimum absolute atomic E-state index is 0.0823. The second-order valence-electron chi connectivity index (χ2n) is 2.21. The van der Waals surface area contributed by atoms with E-state index in [1.165, 1.54) is 12.6 Å². The summed E-state index contributed by atoms with van der Waals surface area (Å²) in [6, 6.07) is 1.55. The monoisotopic (exact) mass is 215 g/mol. The van der Waals surface area contributed by atoms with Crippen LogP contribution in [0.5, 0.6) is 0 Å². The van der Waals surface area contributed by atoms with Gasteiger partial charge in [-0.05, 0) is 11.6 Å². The molecule has 2 aromatic heterocycles.